The van der Waals surface area contributed by atoms with Crippen molar-refractivity contribution in [1.82, 2.24) is 14.8 Å². The number of pyridine rings is 1. The van der Waals surface area contributed by atoms with E-state index in [0.29, 0.717) is 6.54 Å². The second kappa shape index (κ2) is 8.23. The van der Waals surface area contributed by atoms with E-state index in [1.807, 2.05) is 35.2 Å². The van der Waals surface area contributed by atoms with Crippen molar-refractivity contribution in [2.75, 3.05) is 26.2 Å². The van der Waals surface area contributed by atoms with Gasteiger partial charge in [0.15, 0.2) is 0 Å². The van der Waals surface area contributed by atoms with E-state index in [-0.39, 0.29) is 17.1 Å². The molecule has 146 valence electrons. The molecule has 1 aromatic heterocycles. The van der Waals surface area contributed by atoms with Crippen molar-refractivity contribution in [3.05, 3.63) is 71.8 Å². The number of amides is 1. The lowest BCUT2D eigenvalue weighted by molar-refractivity contribution is -0.125. The Labute approximate surface area is 165 Å². The molecule has 2 aromatic rings. The van der Waals surface area contributed by atoms with E-state index in [2.05, 4.69) is 9.88 Å². The van der Waals surface area contributed by atoms with E-state index in [4.69, 9.17) is 0 Å². The Balaban J connectivity index is 1.37. The summed E-state index contributed by atoms with van der Waals surface area (Å²) in [5.41, 5.74) is 1.82. The summed E-state index contributed by atoms with van der Waals surface area (Å²) in [5, 5.41) is 0. The molecule has 0 N–H and O–H groups in total. The zero-order valence-corrected chi connectivity index (χ0v) is 16.1. The molecule has 0 saturated carbocycles. The van der Waals surface area contributed by atoms with Gasteiger partial charge in [0.05, 0.1) is 0 Å². The fourth-order valence-electron chi connectivity index (χ4n) is 4.52. The number of hydrogen-bond donors (Lipinski definition) is 0. The molecule has 4 nitrogen and oxygen atoms in total. The number of aromatic nitrogens is 1. The quantitative estimate of drug-likeness (QED) is 0.759. The van der Waals surface area contributed by atoms with Gasteiger partial charge in [0.25, 0.3) is 0 Å². The summed E-state index contributed by atoms with van der Waals surface area (Å²) in [6.45, 7) is 4.15. The molecule has 5 heteroatoms. The number of halogens is 1. The van der Waals surface area contributed by atoms with Crippen molar-refractivity contribution in [2.24, 2.45) is 5.41 Å². The molecule has 2 fully saturated rings. The highest BCUT2D eigenvalue weighted by Gasteiger charge is 2.42. The van der Waals surface area contributed by atoms with E-state index in [1.54, 1.807) is 24.5 Å². The average molecular weight is 379 g/mol. The minimum absolute atomic E-state index is 0.0620. The van der Waals surface area contributed by atoms with Crippen LogP contribution in [0.1, 0.15) is 30.4 Å². The normalized spacial score (nSPS) is 23.0. The van der Waals surface area contributed by atoms with Crippen LogP contribution >= 0.6 is 0 Å². The topological polar surface area (TPSA) is 36.4 Å². The summed E-state index contributed by atoms with van der Waals surface area (Å²) >= 11 is 0. The van der Waals surface area contributed by atoms with Crippen LogP contribution in [0.15, 0.2) is 54.9 Å². The number of carbonyl (C=O) groups is 1. The molecule has 28 heavy (non-hydrogen) atoms. The third-order valence-electron chi connectivity index (χ3n) is 5.95. The zero-order chi connectivity index (χ0) is 19.4. The van der Waals surface area contributed by atoms with Gasteiger partial charge in [0, 0.05) is 55.6 Å². The lowest BCUT2D eigenvalue weighted by atomic mass is 9.79. The number of nitrogens with zero attached hydrogens (tertiary/aromatic N) is 3. The molecule has 1 aromatic carbocycles. The standard InChI is InChI=1S/C23H26FN3O/c24-21-7-2-1-6-20(21)16-26-13-4-10-23(17-26)11-14-27(18-23)22(28)9-8-19-5-3-12-25-15-19/h1-3,5-9,12,15H,4,10-11,13-14,16-18H2/b9-8+. The maximum atomic E-state index is 14.0. The van der Waals surface area contributed by atoms with Gasteiger partial charge in [-0.05, 0) is 49.6 Å². The monoisotopic (exact) mass is 379 g/mol. The number of benzene rings is 1. The van der Waals surface area contributed by atoms with Gasteiger partial charge in [-0.3, -0.25) is 14.7 Å². The van der Waals surface area contributed by atoms with Gasteiger partial charge >= 0.3 is 0 Å². The third kappa shape index (κ3) is 4.30. The summed E-state index contributed by atoms with van der Waals surface area (Å²) in [6, 6.07) is 10.8. The van der Waals surface area contributed by atoms with Gasteiger partial charge < -0.3 is 4.90 Å². The molecule has 1 spiro atoms. The van der Waals surface area contributed by atoms with Crippen molar-refractivity contribution in [1.29, 1.82) is 0 Å². The number of piperidine rings is 1. The summed E-state index contributed by atoms with van der Waals surface area (Å²) in [5.74, 6) is -0.0714. The van der Waals surface area contributed by atoms with Gasteiger partial charge in [-0.1, -0.05) is 24.3 Å². The fraction of sp³-hybridized carbons (Fsp3) is 0.391. The number of rotatable bonds is 4. The van der Waals surface area contributed by atoms with E-state index >= 15 is 0 Å². The molecule has 2 saturated heterocycles. The highest BCUT2D eigenvalue weighted by atomic mass is 19.1. The van der Waals surface area contributed by atoms with Crippen molar-refractivity contribution in [3.8, 4) is 0 Å². The Hall–Kier alpha value is -2.53. The average Bonchev–Trinajstić information content (AvgIpc) is 3.12. The first-order valence-corrected chi connectivity index (χ1v) is 9.96. The van der Waals surface area contributed by atoms with E-state index in [9.17, 15) is 9.18 Å². The predicted molar refractivity (Wildman–Crippen MR) is 108 cm³/mol. The van der Waals surface area contributed by atoms with Gasteiger partial charge in [-0.15, -0.1) is 0 Å². The first-order chi connectivity index (χ1) is 13.6. The maximum Gasteiger partial charge on any atom is 0.246 e. The van der Waals surface area contributed by atoms with E-state index in [0.717, 1.165) is 56.6 Å². The molecule has 1 amide bonds. The molecule has 0 radical (unpaired) electrons. The molecule has 1 unspecified atom stereocenters. The second-order valence-electron chi connectivity index (χ2n) is 8.04. The second-order valence-corrected chi connectivity index (χ2v) is 8.04. The van der Waals surface area contributed by atoms with Crippen LogP contribution < -0.4 is 0 Å². The highest BCUT2D eigenvalue weighted by molar-refractivity contribution is 5.92. The smallest absolute Gasteiger partial charge is 0.246 e. The van der Waals surface area contributed by atoms with E-state index < -0.39 is 0 Å². The van der Waals surface area contributed by atoms with Crippen LogP contribution in [0.25, 0.3) is 6.08 Å². The SMILES string of the molecule is O=C(/C=C/c1cccnc1)N1CCC2(CCCN(Cc3ccccc3F)C2)C1. The fourth-order valence-corrected chi connectivity index (χ4v) is 4.52. The molecule has 2 aliphatic heterocycles. The van der Waals surface area contributed by atoms with Crippen molar-refractivity contribution in [3.63, 3.8) is 0 Å². The predicted octanol–water partition coefficient (Wildman–Crippen LogP) is 3.75. The van der Waals surface area contributed by atoms with Gasteiger partial charge in [0.2, 0.25) is 5.91 Å². The molecule has 1 atom stereocenters. The minimum Gasteiger partial charge on any atom is -0.339 e. The maximum absolute atomic E-state index is 14.0. The molecule has 0 aliphatic carbocycles. The van der Waals surface area contributed by atoms with Crippen LogP contribution in [0.5, 0.6) is 0 Å². The van der Waals surface area contributed by atoms with Crippen LogP contribution in [-0.2, 0) is 11.3 Å². The van der Waals surface area contributed by atoms with Crippen LogP contribution in [0.2, 0.25) is 0 Å². The van der Waals surface area contributed by atoms with Gasteiger partial charge in [-0.25, -0.2) is 4.39 Å². The third-order valence-corrected chi connectivity index (χ3v) is 5.95. The molecular weight excluding hydrogens is 353 g/mol. The Morgan fingerprint density at radius 2 is 2.04 bits per heavy atom. The van der Waals surface area contributed by atoms with Crippen molar-refractivity contribution < 1.29 is 9.18 Å². The van der Waals surface area contributed by atoms with Crippen LogP contribution in [0.4, 0.5) is 4.39 Å². The van der Waals surface area contributed by atoms with Gasteiger partial charge in [-0.2, -0.15) is 0 Å². The summed E-state index contributed by atoms with van der Waals surface area (Å²) in [7, 11) is 0. The van der Waals surface area contributed by atoms with Gasteiger partial charge in [0.1, 0.15) is 5.82 Å². The Kier molecular flexibility index (Phi) is 5.53. The zero-order valence-electron chi connectivity index (χ0n) is 16.1. The molecule has 2 aliphatic rings. The summed E-state index contributed by atoms with van der Waals surface area (Å²) in [4.78, 5) is 21.0. The molecular formula is C23H26FN3O. The number of hydrogen-bond acceptors (Lipinski definition) is 3. The summed E-state index contributed by atoms with van der Waals surface area (Å²) in [6.07, 6.45) is 10.2. The van der Waals surface area contributed by atoms with E-state index in [1.165, 1.54) is 6.07 Å². The molecule has 3 heterocycles. The Morgan fingerprint density at radius 3 is 2.86 bits per heavy atom. The van der Waals surface area contributed by atoms with Crippen molar-refractivity contribution in [2.45, 2.75) is 25.8 Å². The lowest BCUT2D eigenvalue weighted by Gasteiger charge is -2.40. The first kappa shape index (κ1) is 18.8. The number of carbonyl (C=O) groups excluding carboxylic acids is 1. The lowest BCUT2D eigenvalue weighted by Crippen LogP contribution is -2.44. The summed E-state index contributed by atoms with van der Waals surface area (Å²) < 4.78 is 14.0. The minimum atomic E-state index is -0.133. The Morgan fingerprint density at radius 1 is 1.14 bits per heavy atom. The highest BCUT2D eigenvalue weighted by Crippen LogP contribution is 2.39. The largest absolute Gasteiger partial charge is 0.339 e. The first-order valence-electron chi connectivity index (χ1n) is 9.96. The molecule has 0 bridgehead atoms. The van der Waals surface area contributed by atoms with Crippen LogP contribution in [-0.4, -0.2) is 46.9 Å². The molecule has 4 rings (SSSR count). The van der Waals surface area contributed by atoms with Crippen LogP contribution in [0.3, 0.4) is 0 Å². The van der Waals surface area contributed by atoms with Crippen molar-refractivity contribution >= 4 is 12.0 Å². The number of likely N-dealkylation sites (tertiary alicyclic amines) is 2. The van der Waals surface area contributed by atoms with Crippen LogP contribution in [0, 0.1) is 11.2 Å². The Bertz CT molecular complexity index is 854.